The zero-order chi connectivity index (χ0) is 18.8. The van der Waals surface area contributed by atoms with E-state index in [2.05, 4.69) is 10.3 Å². The normalized spacial score (nSPS) is 10.9. The molecule has 27 heavy (non-hydrogen) atoms. The fraction of sp³-hybridized carbons (Fsp3) is 0.0455. The highest BCUT2D eigenvalue weighted by molar-refractivity contribution is 6.30. The number of fused-ring (bicyclic) bond motifs is 1. The first kappa shape index (κ1) is 17.3. The van der Waals surface area contributed by atoms with E-state index in [1.165, 1.54) is 12.1 Å². The van der Waals surface area contributed by atoms with Crippen molar-refractivity contribution in [2.75, 3.05) is 0 Å². The lowest BCUT2D eigenvalue weighted by Gasteiger charge is -2.08. The number of nitrogens with one attached hydrogen (secondary N) is 2. The van der Waals surface area contributed by atoms with E-state index >= 15 is 0 Å². The first-order valence-corrected chi connectivity index (χ1v) is 8.89. The maximum atomic E-state index is 13.8. The zero-order valence-corrected chi connectivity index (χ0v) is 15.1. The molecule has 2 N–H and O–H groups in total. The van der Waals surface area contributed by atoms with Crippen molar-refractivity contribution < 1.29 is 9.18 Å². The van der Waals surface area contributed by atoms with E-state index in [-0.39, 0.29) is 11.7 Å². The molecule has 0 aliphatic carbocycles. The summed E-state index contributed by atoms with van der Waals surface area (Å²) in [6.07, 6.45) is 0. The Hall–Kier alpha value is -3.11. The minimum atomic E-state index is -0.343. The van der Waals surface area contributed by atoms with Crippen LogP contribution in [0, 0.1) is 5.82 Å². The summed E-state index contributed by atoms with van der Waals surface area (Å²) in [7, 11) is 0. The molecule has 5 heteroatoms. The smallest absolute Gasteiger partial charge is 0.268 e. The monoisotopic (exact) mass is 378 g/mol. The first-order chi connectivity index (χ1) is 13.1. The Morgan fingerprint density at radius 3 is 2.59 bits per heavy atom. The molecule has 0 aliphatic heterocycles. The molecule has 1 aromatic heterocycles. The van der Waals surface area contributed by atoms with Crippen LogP contribution >= 0.6 is 11.6 Å². The molecule has 0 aliphatic rings. The van der Waals surface area contributed by atoms with Gasteiger partial charge in [0.05, 0.1) is 0 Å². The van der Waals surface area contributed by atoms with E-state index in [0.717, 1.165) is 11.1 Å². The molecular formula is C22H16ClFN2O. The van der Waals surface area contributed by atoms with Gasteiger partial charge in [-0.3, -0.25) is 4.79 Å². The molecule has 0 spiro atoms. The summed E-state index contributed by atoms with van der Waals surface area (Å²) in [5.74, 6) is -0.602. The summed E-state index contributed by atoms with van der Waals surface area (Å²) in [4.78, 5) is 16.0. The predicted octanol–water partition coefficient (Wildman–Crippen LogP) is 5.56. The van der Waals surface area contributed by atoms with Crippen LogP contribution in [-0.2, 0) is 6.54 Å². The molecule has 1 heterocycles. The number of carbonyl (C=O) groups excluding carboxylic acids is 1. The summed E-state index contributed by atoms with van der Waals surface area (Å²) >= 11 is 6.00. The summed E-state index contributed by atoms with van der Waals surface area (Å²) in [5, 5.41) is 4.20. The van der Waals surface area contributed by atoms with E-state index in [1.807, 2.05) is 42.5 Å². The first-order valence-electron chi connectivity index (χ1n) is 8.51. The molecule has 0 radical (unpaired) electrons. The van der Waals surface area contributed by atoms with Crippen molar-refractivity contribution >= 4 is 28.4 Å². The Bertz CT molecular complexity index is 1120. The van der Waals surface area contributed by atoms with Crippen LogP contribution in [0.2, 0.25) is 5.02 Å². The van der Waals surface area contributed by atoms with Crippen LogP contribution in [0.25, 0.3) is 22.0 Å². The highest BCUT2D eigenvalue weighted by atomic mass is 35.5. The van der Waals surface area contributed by atoms with Gasteiger partial charge in [0.25, 0.3) is 5.91 Å². The minimum absolute atomic E-state index is 0.259. The number of benzene rings is 3. The van der Waals surface area contributed by atoms with Gasteiger partial charge < -0.3 is 10.3 Å². The van der Waals surface area contributed by atoms with E-state index < -0.39 is 0 Å². The number of H-pyrrole nitrogens is 1. The molecule has 0 saturated heterocycles. The van der Waals surface area contributed by atoms with Crippen molar-refractivity contribution in [1.82, 2.24) is 10.3 Å². The molecule has 0 saturated carbocycles. The van der Waals surface area contributed by atoms with Crippen molar-refractivity contribution in [3.8, 4) is 11.1 Å². The molecule has 3 nitrogen and oxygen atoms in total. The van der Waals surface area contributed by atoms with E-state index in [1.54, 1.807) is 18.2 Å². The van der Waals surface area contributed by atoms with Crippen LogP contribution in [0.5, 0.6) is 0 Å². The minimum Gasteiger partial charge on any atom is -0.350 e. The lowest BCUT2D eigenvalue weighted by Crippen LogP contribution is -2.23. The van der Waals surface area contributed by atoms with Gasteiger partial charge in [0.1, 0.15) is 11.5 Å². The molecule has 0 fully saturated rings. The molecule has 134 valence electrons. The van der Waals surface area contributed by atoms with Crippen molar-refractivity contribution in [1.29, 1.82) is 0 Å². The molecule has 0 bridgehead atoms. The van der Waals surface area contributed by atoms with E-state index in [0.29, 0.717) is 33.7 Å². The van der Waals surface area contributed by atoms with Gasteiger partial charge in [0, 0.05) is 28.0 Å². The Kier molecular flexibility index (Phi) is 4.65. The third-order valence-electron chi connectivity index (χ3n) is 4.39. The predicted molar refractivity (Wildman–Crippen MR) is 106 cm³/mol. The van der Waals surface area contributed by atoms with Gasteiger partial charge in [0.15, 0.2) is 0 Å². The molecule has 3 aromatic carbocycles. The quantitative estimate of drug-likeness (QED) is 0.480. The molecular weight excluding hydrogens is 363 g/mol. The molecule has 4 rings (SSSR count). The van der Waals surface area contributed by atoms with Gasteiger partial charge in [-0.15, -0.1) is 0 Å². The Labute approximate surface area is 160 Å². The van der Waals surface area contributed by atoms with Crippen molar-refractivity contribution in [3.63, 3.8) is 0 Å². The number of hydrogen-bond acceptors (Lipinski definition) is 1. The molecule has 0 unspecified atom stereocenters. The topological polar surface area (TPSA) is 44.9 Å². The summed E-state index contributed by atoms with van der Waals surface area (Å²) < 4.78 is 13.8. The Morgan fingerprint density at radius 2 is 1.81 bits per heavy atom. The third kappa shape index (κ3) is 3.57. The number of halogens is 2. The summed E-state index contributed by atoms with van der Waals surface area (Å²) in [6.45, 7) is 0.345. The van der Waals surface area contributed by atoms with Crippen LogP contribution in [0.3, 0.4) is 0 Å². The average molecular weight is 379 g/mol. The maximum Gasteiger partial charge on any atom is 0.268 e. The fourth-order valence-electron chi connectivity index (χ4n) is 3.16. The summed E-state index contributed by atoms with van der Waals surface area (Å²) in [6, 6.07) is 21.3. The van der Waals surface area contributed by atoms with Crippen LogP contribution in [0.4, 0.5) is 4.39 Å². The zero-order valence-electron chi connectivity index (χ0n) is 14.3. The highest BCUT2D eigenvalue weighted by Gasteiger charge is 2.19. The summed E-state index contributed by atoms with van der Waals surface area (Å²) in [5.41, 5.74) is 3.56. The SMILES string of the molecule is O=C(NCc1cccc(Cl)c1)c1[nH]c2ccc(F)cc2c1-c1ccccc1. The van der Waals surface area contributed by atoms with Crippen molar-refractivity contribution in [3.05, 3.63) is 94.9 Å². The number of hydrogen-bond donors (Lipinski definition) is 2. The largest absolute Gasteiger partial charge is 0.350 e. The number of amides is 1. The lowest BCUT2D eigenvalue weighted by atomic mass is 10.0. The van der Waals surface area contributed by atoms with Gasteiger partial charge in [-0.05, 0) is 41.5 Å². The second-order valence-corrected chi connectivity index (χ2v) is 6.68. The maximum absolute atomic E-state index is 13.8. The Morgan fingerprint density at radius 1 is 1.00 bits per heavy atom. The number of aromatic amines is 1. The van der Waals surface area contributed by atoms with Crippen molar-refractivity contribution in [2.45, 2.75) is 6.54 Å². The second-order valence-electron chi connectivity index (χ2n) is 6.24. The van der Waals surface area contributed by atoms with Crippen LogP contribution < -0.4 is 5.32 Å². The van der Waals surface area contributed by atoms with Gasteiger partial charge in [0.2, 0.25) is 0 Å². The van der Waals surface area contributed by atoms with Crippen LogP contribution in [-0.4, -0.2) is 10.9 Å². The average Bonchev–Trinajstić information content (AvgIpc) is 3.05. The number of aromatic nitrogens is 1. The van der Waals surface area contributed by atoms with E-state index in [4.69, 9.17) is 11.6 Å². The van der Waals surface area contributed by atoms with Crippen molar-refractivity contribution in [2.24, 2.45) is 0 Å². The lowest BCUT2D eigenvalue weighted by molar-refractivity contribution is 0.0947. The molecule has 0 atom stereocenters. The molecule has 1 amide bonds. The van der Waals surface area contributed by atoms with Gasteiger partial charge >= 0.3 is 0 Å². The molecule has 4 aromatic rings. The standard InChI is InChI=1S/C22H16ClFN2O/c23-16-8-4-5-14(11-16)13-25-22(27)21-20(15-6-2-1-3-7-15)18-12-17(24)9-10-19(18)26-21/h1-12,26H,13H2,(H,25,27). The Balaban J connectivity index is 1.73. The second kappa shape index (κ2) is 7.25. The number of rotatable bonds is 4. The highest BCUT2D eigenvalue weighted by Crippen LogP contribution is 2.33. The fourth-order valence-corrected chi connectivity index (χ4v) is 3.37. The van der Waals surface area contributed by atoms with Crippen LogP contribution in [0.15, 0.2) is 72.8 Å². The number of carbonyl (C=O) groups is 1. The van der Waals surface area contributed by atoms with Gasteiger partial charge in [-0.1, -0.05) is 54.1 Å². The van der Waals surface area contributed by atoms with E-state index in [9.17, 15) is 9.18 Å². The van der Waals surface area contributed by atoms with Crippen LogP contribution in [0.1, 0.15) is 16.1 Å². The third-order valence-corrected chi connectivity index (χ3v) is 4.63. The van der Waals surface area contributed by atoms with Gasteiger partial charge in [-0.2, -0.15) is 0 Å². The van der Waals surface area contributed by atoms with Gasteiger partial charge in [-0.25, -0.2) is 4.39 Å².